The van der Waals surface area contributed by atoms with E-state index in [4.69, 9.17) is 10.5 Å². The Morgan fingerprint density at radius 3 is 2.69 bits per heavy atom. The van der Waals surface area contributed by atoms with Gasteiger partial charge in [0.2, 0.25) is 0 Å². The number of ether oxygens (including phenoxy) is 1. The first-order valence-corrected chi connectivity index (χ1v) is 5.63. The summed E-state index contributed by atoms with van der Waals surface area (Å²) in [5, 5.41) is 0. The lowest BCUT2D eigenvalue weighted by Gasteiger charge is -2.32. The molecule has 0 bridgehead atoms. The first-order chi connectivity index (χ1) is 6.27. The zero-order chi connectivity index (χ0) is 9.68. The molecular weight excluding hydrogens is 162 g/mol. The van der Waals surface area contributed by atoms with Crippen molar-refractivity contribution in [3.05, 3.63) is 0 Å². The molecule has 0 aromatic heterocycles. The molecule has 13 heavy (non-hydrogen) atoms. The lowest BCUT2D eigenvalue weighted by atomic mass is 9.84. The standard InChI is InChI=1S/C11H23NO/c1-3-10-6-4-5-7-11(10)13-9(2)8-12/h9-11H,3-8,12H2,1-2H3. The molecule has 0 aliphatic heterocycles. The summed E-state index contributed by atoms with van der Waals surface area (Å²) in [5.41, 5.74) is 5.55. The summed E-state index contributed by atoms with van der Waals surface area (Å²) in [5.74, 6) is 0.780. The lowest BCUT2D eigenvalue weighted by Crippen LogP contribution is -2.33. The molecule has 3 unspecified atom stereocenters. The molecule has 0 aromatic rings. The van der Waals surface area contributed by atoms with Crippen LogP contribution in [0.3, 0.4) is 0 Å². The van der Waals surface area contributed by atoms with Gasteiger partial charge in [-0.15, -0.1) is 0 Å². The van der Waals surface area contributed by atoms with Crippen molar-refractivity contribution >= 4 is 0 Å². The van der Waals surface area contributed by atoms with E-state index in [9.17, 15) is 0 Å². The van der Waals surface area contributed by atoms with Crippen LogP contribution < -0.4 is 5.73 Å². The lowest BCUT2D eigenvalue weighted by molar-refractivity contribution is -0.0493. The van der Waals surface area contributed by atoms with E-state index >= 15 is 0 Å². The van der Waals surface area contributed by atoms with E-state index in [0.717, 1.165) is 5.92 Å². The molecule has 1 saturated carbocycles. The molecule has 2 heteroatoms. The molecule has 1 aliphatic rings. The number of rotatable bonds is 4. The Morgan fingerprint density at radius 2 is 2.08 bits per heavy atom. The highest BCUT2D eigenvalue weighted by atomic mass is 16.5. The van der Waals surface area contributed by atoms with Gasteiger partial charge in [0.1, 0.15) is 0 Å². The summed E-state index contributed by atoms with van der Waals surface area (Å²) >= 11 is 0. The van der Waals surface area contributed by atoms with Crippen molar-refractivity contribution in [1.29, 1.82) is 0 Å². The predicted molar refractivity (Wildman–Crippen MR) is 55.6 cm³/mol. The number of nitrogens with two attached hydrogens (primary N) is 1. The van der Waals surface area contributed by atoms with Crippen LogP contribution >= 0.6 is 0 Å². The van der Waals surface area contributed by atoms with Crippen molar-refractivity contribution in [2.45, 2.75) is 58.2 Å². The van der Waals surface area contributed by atoms with Crippen LogP contribution in [0, 0.1) is 5.92 Å². The smallest absolute Gasteiger partial charge is 0.0673 e. The molecule has 0 radical (unpaired) electrons. The van der Waals surface area contributed by atoms with Crippen LogP contribution in [0.15, 0.2) is 0 Å². The summed E-state index contributed by atoms with van der Waals surface area (Å²) in [6, 6.07) is 0. The van der Waals surface area contributed by atoms with Gasteiger partial charge in [0.25, 0.3) is 0 Å². The summed E-state index contributed by atoms with van der Waals surface area (Å²) < 4.78 is 5.92. The Balaban J connectivity index is 2.35. The summed E-state index contributed by atoms with van der Waals surface area (Å²) in [4.78, 5) is 0. The van der Waals surface area contributed by atoms with Crippen LogP contribution in [0.4, 0.5) is 0 Å². The van der Waals surface area contributed by atoms with Crippen LogP contribution in [0.2, 0.25) is 0 Å². The van der Waals surface area contributed by atoms with E-state index in [2.05, 4.69) is 13.8 Å². The molecule has 0 saturated heterocycles. The molecule has 1 rings (SSSR count). The normalized spacial score (nSPS) is 31.6. The maximum absolute atomic E-state index is 5.92. The molecule has 2 N–H and O–H groups in total. The fourth-order valence-corrected chi connectivity index (χ4v) is 2.17. The molecule has 1 aliphatic carbocycles. The van der Waals surface area contributed by atoms with Gasteiger partial charge in [-0.3, -0.25) is 0 Å². The van der Waals surface area contributed by atoms with E-state index in [-0.39, 0.29) is 6.10 Å². The van der Waals surface area contributed by atoms with Crippen molar-refractivity contribution in [3.8, 4) is 0 Å². The van der Waals surface area contributed by atoms with Gasteiger partial charge < -0.3 is 10.5 Å². The third kappa shape index (κ3) is 3.28. The first-order valence-electron chi connectivity index (χ1n) is 5.63. The van der Waals surface area contributed by atoms with Crippen molar-refractivity contribution in [1.82, 2.24) is 0 Å². The molecule has 0 amide bonds. The Bertz CT molecular complexity index is 138. The molecule has 3 atom stereocenters. The third-order valence-electron chi connectivity index (χ3n) is 3.10. The van der Waals surface area contributed by atoms with Gasteiger partial charge in [0.05, 0.1) is 12.2 Å². The van der Waals surface area contributed by atoms with Gasteiger partial charge in [0.15, 0.2) is 0 Å². The second-order valence-electron chi connectivity index (χ2n) is 4.17. The zero-order valence-corrected chi connectivity index (χ0v) is 8.96. The molecular formula is C11H23NO. The predicted octanol–water partition coefficient (Wildman–Crippen LogP) is 2.32. The summed E-state index contributed by atoms with van der Waals surface area (Å²) in [7, 11) is 0. The fraction of sp³-hybridized carbons (Fsp3) is 1.00. The minimum absolute atomic E-state index is 0.233. The van der Waals surface area contributed by atoms with E-state index in [1.165, 1.54) is 32.1 Å². The van der Waals surface area contributed by atoms with Gasteiger partial charge in [-0.25, -0.2) is 0 Å². The van der Waals surface area contributed by atoms with Crippen LogP contribution in [0.5, 0.6) is 0 Å². The molecule has 0 spiro atoms. The van der Waals surface area contributed by atoms with Crippen LogP contribution in [0.25, 0.3) is 0 Å². The Labute approximate surface area is 81.8 Å². The van der Waals surface area contributed by atoms with Crippen molar-refractivity contribution in [3.63, 3.8) is 0 Å². The number of hydrogen-bond acceptors (Lipinski definition) is 2. The summed E-state index contributed by atoms with van der Waals surface area (Å²) in [6.45, 7) is 4.98. The maximum Gasteiger partial charge on any atom is 0.0673 e. The average Bonchev–Trinajstić information content (AvgIpc) is 2.18. The fourth-order valence-electron chi connectivity index (χ4n) is 2.17. The van der Waals surface area contributed by atoms with Gasteiger partial charge in [0, 0.05) is 6.54 Å². The first kappa shape index (κ1) is 11.0. The highest BCUT2D eigenvalue weighted by molar-refractivity contribution is 4.75. The minimum atomic E-state index is 0.233. The Kier molecular flexibility index (Phi) is 4.74. The van der Waals surface area contributed by atoms with E-state index < -0.39 is 0 Å². The zero-order valence-electron chi connectivity index (χ0n) is 8.96. The summed E-state index contributed by atoms with van der Waals surface area (Å²) in [6.07, 6.45) is 7.27. The van der Waals surface area contributed by atoms with Gasteiger partial charge >= 0.3 is 0 Å². The molecule has 1 fully saturated rings. The van der Waals surface area contributed by atoms with Crippen molar-refractivity contribution < 1.29 is 4.74 Å². The quantitative estimate of drug-likeness (QED) is 0.729. The highest BCUT2D eigenvalue weighted by Gasteiger charge is 2.25. The van der Waals surface area contributed by atoms with Gasteiger partial charge in [-0.1, -0.05) is 26.2 Å². The second-order valence-corrected chi connectivity index (χ2v) is 4.17. The van der Waals surface area contributed by atoms with Crippen molar-refractivity contribution in [2.75, 3.05) is 6.54 Å². The minimum Gasteiger partial charge on any atom is -0.374 e. The largest absolute Gasteiger partial charge is 0.374 e. The van der Waals surface area contributed by atoms with E-state index in [1.54, 1.807) is 0 Å². The Hall–Kier alpha value is -0.0800. The highest BCUT2D eigenvalue weighted by Crippen LogP contribution is 2.29. The topological polar surface area (TPSA) is 35.2 Å². The SMILES string of the molecule is CCC1CCCCC1OC(C)CN. The van der Waals surface area contributed by atoms with Crippen LogP contribution in [-0.2, 0) is 4.74 Å². The third-order valence-corrected chi connectivity index (χ3v) is 3.10. The second kappa shape index (κ2) is 5.61. The van der Waals surface area contributed by atoms with Crippen LogP contribution in [-0.4, -0.2) is 18.8 Å². The average molecular weight is 185 g/mol. The van der Waals surface area contributed by atoms with E-state index in [0.29, 0.717) is 12.6 Å². The Morgan fingerprint density at radius 1 is 1.38 bits per heavy atom. The van der Waals surface area contributed by atoms with Crippen LogP contribution in [0.1, 0.15) is 46.0 Å². The molecule has 78 valence electrons. The number of hydrogen-bond donors (Lipinski definition) is 1. The maximum atomic E-state index is 5.92. The molecule has 0 heterocycles. The van der Waals surface area contributed by atoms with Crippen molar-refractivity contribution in [2.24, 2.45) is 11.7 Å². The van der Waals surface area contributed by atoms with Gasteiger partial charge in [-0.2, -0.15) is 0 Å². The van der Waals surface area contributed by atoms with E-state index in [1.807, 2.05) is 0 Å². The molecule has 2 nitrogen and oxygen atoms in total. The molecule has 0 aromatic carbocycles. The van der Waals surface area contributed by atoms with Gasteiger partial charge in [-0.05, 0) is 25.7 Å². The monoisotopic (exact) mass is 185 g/mol.